The van der Waals surface area contributed by atoms with Crippen LogP contribution in [0.25, 0.3) is 0 Å². The molecule has 0 spiro atoms. The molecule has 0 radical (unpaired) electrons. The van der Waals surface area contributed by atoms with Crippen molar-refractivity contribution in [1.29, 1.82) is 0 Å². The summed E-state index contributed by atoms with van der Waals surface area (Å²) < 4.78 is 13.9. The average Bonchev–Trinajstić information content (AvgIpc) is 2.42. The molecule has 1 N–H and O–H groups in total. The molecule has 0 aromatic carbocycles. The van der Waals surface area contributed by atoms with Gasteiger partial charge in [0.25, 0.3) is 0 Å². The minimum Gasteiger partial charge on any atom is -0.450 e. The standard InChI is InChI=1S/C8H11NO5/c1-3-12-7(10)9-4-6-5(2)13-8(11)14-6/h3-4H2,1-2H3,(H,9,10). The van der Waals surface area contributed by atoms with Crippen LogP contribution >= 0.6 is 0 Å². The van der Waals surface area contributed by atoms with Crippen LogP contribution in [0.15, 0.2) is 13.6 Å². The fourth-order valence-corrected chi connectivity index (χ4v) is 0.870. The zero-order valence-electron chi connectivity index (χ0n) is 7.96. The molecule has 1 aromatic rings. The monoisotopic (exact) mass is 201 g/mol. The van der Waals surface area contributed by atoms with E-state index in [2.05, 4.69) is 18.9 Å². The van der Waals surface area contributed by atoms with E-state index in [1.54, 1.807) is 13.8 Å². The Hall–Kier alpha value is -1.72. The highest BCUT2D eigenvalue weighted by atomic mass is 16.6. The summed E-state index contributed by atoms with van der Waals surface area (Å²) in [7, 11) is 0. The molecule has 78 valence electrons. The first-order valence-electron chi connectivity index (χ1n) is 4.13. The smallest absolute Gasteiger partial charge is 0.450 e. The van der Waals surface area contributed by atoms with Crippen LogP contribution < -0.4 is 11.1 Å². The highest BCUT2D eigenvalue weighted by Crippen LogP contribution is 2.03. The average molecular weight is 201 g/mol. The largest absolute Gasteiger partial charge is 0.519 e. The van der Waals surface area contributed by atoms with Gasteiger partial charge < -0.3 is 18.9 Å². The molecule has 6 heteroatoms. The van der Waals surface area contributed by atoms with E-state index in [9.17, 15) is 9.59 Å². The van der Waals surface area contributed by atoms with Gasteiger partial charge in [-0.15, -0.1) is 0 Å². The Bertz CT molecular complexity index is 364. The van der Waals surface area contributed by atoms with Gasteiger partial charge in [-0.1, -0.05) is 0 Å². The van der Waals surface area contributed by atoms with Crippen LogP contribution in [0.1, 0.15) is 18.4 Å². The molecule has 1 aromatic heterocycles. The third-order valence-corrected chi connectivity index (χ3v) is 1.50. The molecule has 0 aliphatic heterocycles. The van der Waals surface area contributed by atoms with Crippen molar-refractivity contribution < 1.29 is 18.4 Å². The number of alkyl carbamates (subject to hydrolysis) is 1. The molecule has 0 saturated carbocycles. The second-order valence-electron chi connectivity index (χ2n) is 2.51. The van der Waals surface area contributed by atoms with Crippen molar-refractivity contribution in [3.8, 4) is 0 Å². The summed E-state index contributed by atoms with van der Waals surface area (Å²) in [5.74, 6) is -0.127. The van der Waals surface area contributed by atoms with Crippen molar-refractivity contribution in [3.05, 3.63) is 22.1 Å². The summed E-state index contributed by atoms with van der Waals surface area (Å²) in [4.78, 5) is 21.5. The van der Waals surface area contributed by atoms with Gasteiger partial charge in [-0.2, -0.15) is 0 Å². The van der Waals surface area contributed by atoms with Crippen molar-refractivity contribution in [2.45, 2.75) is 20.4 Å². The van der Waals surface area contributed by atoms with E-state index in [1.807, 2.05) is 0 Å². The number of hydrogen-bond donors (Lipinski definition) is 1. The number of carbonyl (C=O) groups excluding carboxylic acids is 1. The Morgan fingerprint density at radius 1 is 1.50 bits per heavy atom. The van der Waals surface area contributed by atoms with Crippen molar-refractivity contribution in [3.63, 3.8) is 0 Å². The summed E-state index contributed by atoms with van der Waals surface area (Å²) in [6.45, 7) is 3.65. The van der Waals surface area contributed by atoms with Gasteiger partial charge in [0.05, 0.1) is 13.2 Å². The molecule has 14 heavy (non-hydrogen) atoms. The first-order chi connectivity index (χ1) is 6.63. The highest BCUT2D eigenvalue weighted by Gasteiger charge is 2.09. The molecule has 1 amide bonds. The molecule has 0 aliphatic rings. The van der Waals surface area contributed by atoms with Crippen molar-refractivity contribution in [2.24, 2.45) is 0 Å². The lowest BCUT2D eigenvalue weighted by Gasteiger charge is -2.02. The number of aryl methyl sites for hydroxylation is 1. The summed E-state index contributed by atoms with van der Waals surface area (Å²) >= 11 is 0. The van der Waals surface area contributed by atoms with Crippen LogP contribution in [-0.2, 0) is 11.3 Å². The molecule has 0 fully saturated rings. The molecule has 0 atom stereocenters. The van der Waals surface area contributed by atoms with E-state index in [4.69, 9.17) is 0 Å². The number of nitrogens with one attached hydrogen (secondary N) is 1. The Morgan fingerprint density at radius 2 is 2.21 bits per heavy atom. The van der Waals surface area contributed by atoms with Crippen LogP contribution in [0.5, 0.6) is 0 Å². The van der Waals surface area contributed by atoms with E-state index in [0.717, 1.165) is 0 Å². The number of hydrogen-bond acceptors (Lipinski definition) is 5. The minimum absolute atomic E-state index is 0.0798. The van der Waals surface area contributed by atoms with Crippen LogP contribution in [-0.4, -0.2) is 12.7 Å². The van der Waals surface area contributed by atoms with Crippen molar-refractivity contribution >= 4 is 6.09 Å². The van der Waals surface area contributed by atoms with Gasteiger partial charge in [0.1, 0.15) is 5.76 Å². The van der Waals surface area contributed by atoms with Crippen LogP contribution in [0.2, 0.25) is 0 Å². The lowest BCUT2D eigenvalue weighted by atomic mass is 10.4. The number of ether oxygens (including phenoxy) is 1. The molecule has 6 nitrogen and oxygen atoms in total. The summed E-state index contributed by atoms with van der Waals surface area (Å²) in [6, 6.07) is 0. The highest BCUT2D eigenvalue weighted by molar-refractivity contribution is 5.66. The van der Waals surface area contributed by atoms with Gasteiger partial charge in [-0.3, -0.25) is 0 Å². The number of carbonyl (C=O) groups is 1. The minimum atomic E-state index is -0.775. The number of amides is 1. The van der Waals surface area contributed by atoms with Gasteiger partial charge in [0.15, 0.2) is 5.76 Å². The summed E-state index contributed by atoms with van der Waals surface area (Å²) in [5.41, 5.74) is 0. The predicted octanol–water partition coefficient (Wildman–Crippen LogP) is 0.787. The van der Waals surface area contributed by atoms with Gasteiger partial charge in [-0.05, 0) is 13.8 Å². The van der Waals surface area contributed by atoms with Gasteiger partial charge in [-0.25, -0.2) is 9.59 Å². The molecular formula is C8H11NO5. The predicted molar refractivity (Wildman–Crippen MR) is 45.8 cm³/mol. The number of rotatable bonds is 3. The maximum Gasteiger partial charge on any atom is 0.519 e. The lowest BCUT2D eigenvalue weighted by Crippen LogP contribution is -2.23. The van der Waals surface area contributed by atoms with Crippen LogP contribution in [0, 0.1) is 6.92 Å². The van der Waals surface area contributed by atoms with Crippen molar-refractivity contribution in [2.75, 3.05) is 6.61 Å². The van der Waals surface area contributed by atoms with Gasteiger partial charge in [0.2, 0.25) is 0 Å². The topological polar surface area (TPSA) is 81.7 Å². The lowest BCUT2D eigenvalue weighted by molar-refractivity contribution is 0.150. The van der Waals surface area contributed by atoms with E-state index in [0.29, 0.717) is 18.1 Å². The molecule has 0 aliphatic carbocycles. The molecule has 0 bridgehead atoms. The Kier molecular flexibility index (Phi) is 3.33. The first kappa shape index (κ1) is 10.4. The molecule has 1 heterocycles. The van der Waals surface area contributed by atoms with Gasteiger partial charge >= 0.3 is 11.9 Å². The van der Waals surface area contributed by atoms with Gasteiger partial charge in [0, 0.05) is 0 Å². The van der Waals surface area contributed by atoms with E-state index < -0.39 is 11.9 Å². The quantitative estimate of drug-likeness (QED) is 0.781. The maximum atomic E-state index is 10.9. The van der Waals surface area contributed by atoms with Crippen molar-refractivity contribution in [1.82, 2.24) is 5.32 Å². The van der Waals surface area contributed by atoms with E-state index in [-0.39, 0.29) is 6.54 Å². The zero-order valence-corrected chi connectivity index (χ0v) is 7.96. The summed E-state index contributed by atoms with van der Waals surface area (Å²) in [5, 5.41) is 2.40. The molecule has 0 unspecified atom stereocenters. The van der Waals surface area contributed by atoms with Crippen LogP contribution in [0.3, 0.4) is 0 Å². The third-order valence-electron chi connectivity index (χ3n) is 1.50. The second-order valence-corrected chi connectivity index (χ2v) is 2.51. The summed E-state index contributed by atoms with van der Waals surface area (Å²) in [6.07, 6.45) is -0.559. The van der Waals surface area contributed by atoms with E-state index >= 15 is 0 Å². The molecule has 1 rings (SSSR count). The SMILES string of the molecule is CCOC(=O)NCc1oc(=O)oc1C. The normalized spacial score (nSPS) is 9.86. The maximum absolute atomic E-state index is 10.9. The first-order valence-corrected chi connectivity index (χ1v) is 4.13. The molecule has 0 saturated heterocycles. The fourth-order valence-electron chi connectivity index (χ4n) is 0.870. The Balaban J connectivity index is 2.49. The van der Waals surface area contributed by atoms with E-state index in [1.165, 1.54) is 0 Å². The molecular weight excluding hydrogens is 190 g/mol. The Labute approximate surface area is 79.8 Å². The third kappa shape index (κ3) is 2.65. The second kappa shape index (κ2) is 4.50. The Morgan fingerprint density at radius 3 is 2.71 bits per heavy atom. The van der Waals surface area contributed by atoms with Crippen LogP contribution in [0.4, 0.5) is 4.79 Å². The zero-order chi connectivity index (χ0) is 10.6. The fraction of sp³-hybridized carbons (Fsp3) is 0.500.